The molecule has 0 unspecified atom stereocenters. The van der Waals surface area contributed by atoms with E-state index in [0.29, 0.717) is 25.6 Å². The molecule has 1 rings (SSSR count). The Bertz CT molecular complexity index is 387. The van der Waals surface area contributed by atoms with Crippen LogP contribution in [0.25, 0.3) is 0 Å². The van der Waals surface area contributed by atoms with Crippen molar-refractivity contribution in [2.75, 3.05) is 19.8 Å². The van der Waals surface area contributed by atoms with Crippen molar-refractivity contribution in [3.8, 4) is 11.8 Å². The van der Waals surface area contributed by atoms with Crippen LogP contribution in [0.4, 0.5) is 4.39 Å². The van der Waals surface area contributed by atoms with Gasteiger partial charge in [0.2, 0.25) is 0 Å². The molecule has 0 aliphatic carbocycles. The fraction of sp³-hybridized carbons (Fsp3) is 0.462. The van der Waals surface area contributed by atoms with Gasteiger partial charge in [-0.05, 0) is 24.6 Å². The smallest absolute Gasteiger partial charge is 0.137 e. The summed E-state index contributed by atoms with van der Waals surface area (Å²) in [7, 11) is 0. The molecule has 4 heteroatoms. The number of rotatable bonds is 7. The van der Waals surface area contributed by atoms with Gasteiger partial charge < -0.3 is 9.47 Å². The molecule has 0 aromatic heterocycles. The predicted molar refractivity (Wildman–Crippen MR) is 62.3 cm³/mol. The molecule has 0 atom stereocenters. The van der Waals surface area contributed by atoms with E-state index >= 15 is 0 Å². The first-order chi connectivity index (χ1) is 8.27. The summed E-state index contributed by atoms with van der Waals surface area (Å²) >= 11 is 0. The number of halogens is 1. The molecule has 0 aliphatic rings. The van der Waals surface area contributed by atoms with Gasteiger partial charge in [0.05, 0.1) is 12.2 Å². The molecule has 0 fully saturated rings. The normalized spacial score (nSPS) is 9.94. The second-order valence-electron chi connectivity index (χ2n) is 3.57. The average Bonchev–Trinajstić information content (AvgIpc) is 2.35. The summed E-state index contributed by atoms with van der Waals surface area (Å²) in [4.78, 5) is 0. The minimum Gasteiger partial charge on any atom is -0.490 e. The van der Waals surface area contributed by atoms with Gasteiger partial charge in [0.15, 0.2) is 0 Å². The molecule has 3 nitrogen and oxygen atoms in total. The molecular formula is C13H16FNO2. The molecule has 0 N–H and O–H groups in total. The standard InChI is InChI=1S/C13H16FNO2/c1-2-3-6-16-7-8-17-13-5-4-12(14)9-11(13)10-15/h4-5,9H,2-3,6-8H2,1H3. The van der Waals surface area contributed by atoms with Gasteiger partial charge in [-0.1, -0.05) is 13.3 Å². The minimum atomic E-state index is -0.437. The number of hydrogen-bond acceptors (Lipinski definition) is 3. The molecule has 0 radical (unpaired) electrons. The van der Waals surface area contributed by atoms with Crippen molar-refractivity contribution in [2.45, 2.75) is 19.8 Å². The fourth-order valence-electron chi connectivity index (χ4n) is 1.27. The molecule has 0 bridgehead atoms. The van der Waals surface area contributed by atoms with Gasteiger partial charge in [0, 0.05) is 6.61 Å². The molecule has 0 heterocycles. The second kappa shape index (κ2) is 7.64. The van der Waals surface area contributed by atoms with Crippen molar-refractivity contribution in [2.24, 2.45) is 0 Å². The molecule has 0 aliphatic heterocycles. The quantitative estimate of drug-likeness (QED) is 0.685. The summed E-state index contributed by atoms with van der Waals surface area (Å²) in [5.74, 6) is -0.0407. The summed E-state index contributed by atoms with van der Waals surface area (Å²) in [5.41, 5.74) is 0.207. The fourth-order valence-corrected chi connectivity index (χ4v) is 1.27. The molecule has 0 amide bonds. The van der Waals surface area contributed by atoms with Crippen LogP contribution in [0.2, 0.25) is 0 Å². The van der Waals surface area contributed by atoms with Crippen molar-refractivity contribution >= 4 is 0 Å². The van der Waals surface area contributed by atoms with Gasteiger partial charge in [0.1, 0.15) is 24.2 Å². The lowest BCUT2D eigenvalue weighted by atomic mass is 10.2. The Morgan fingerprint density at radius 3 is 2.82 bits per heavy atom. The van der Waals surface area contributed by atoms with Crippen molar-refractivity contribution in [1.82, 2.24) is 0 Å². The minimum absolute atomic E-state index is 0.207. The molecule has 0 saturated carbocycles. The Morgan fingerprint density at radius 2 is 2.12 bits per heavy atom. The molecular weight excluding hydrogens is 221 g/mol. The number of benzene rings is 1. The van der Waals surface area contributed by atoms with Gasteiger partial charge in [-0.15, -0.1) is 0 Å². The lowest BCUT2D eigenvalue weighted by Gasteiger charge is -2.08. The molecule has 1 aromatic rings. The van der Waals surface area contributed by atoms with Crippen molar-refractivity contribution < 1.29 is 13.9 Å². The van der Waals surface area contributed by atoms with E-state index in [9.17, 15) is 4.39 Å². The summed E-state index contributed by atoms with van der Waals surface area (Å²) in [6.07, 6.45) is 2.12. The maximum absolute atomic E-state index is 12.8. The highest BCUT2D eigenvalue weighted by atomic mass is 19.1. The highest BCUT2D eigenvalue weighted by Gasteiger charge is 2.04. The number of nitrogens with zero attached hydrogens (tertiary/aromatic N) is 1. The molecule has 1 aromatic carbocycles. The molecule has 0 saturated heterocycles. The third kappa shape index (κ3) is 4.83. The van der Waals surface area contributed by atoms with Crippen LogP contribution in [0.3, 0.4) is 0 Å². The first kappa shape index (κ1) is 13.5. The maximum atomic E-state index is 12.8. The Labute approximate surface area is 101 Å². The Morgan fingerprint density at radius 1 is 1.29 bits per heavy atom. The summed E-state index contributed by atoms with van der Waals surface area (Å²) in [6.45, 7) is 3.65. The van der Waals surface area contributed by atoms with Crippen LogP contribution in [0, 0.1) is 17.1 Å². The maximum Gasteiger partial charge on any atom is 0.137 e. The van der Waals surface area contributed by atoms with E-state index in [4.69, 9.17) is 14.7 Å². The number of hydrogen-bond donors (Lipinski definition) is 0. The summed E-state index contributed by atoms with van der Waals surface area (Å²) < 4.78 is 23.5. The van der Waals surface area contributed by atoms with E-state index < -0.39 is 5.82 Å². The Hall–Kier alpha value is -1.60. The zero-order chi connectivity index (χ0) is 12.5. The monoisotopic (exact) mass is 237 g/mol. The van der Waals surface area contributed by atoms with E-state index in [2.05, 4.69) is 6.92 Å². The highest BCUT2D eigenvalue weighted by Crippen LogP contribution is 2.18. The Kier molecular flexibility index (Phi) is 6.05. The summed E-state index contributed by atoms with van der Waals surface area (Å²) in [5, 5.41) is 8.79. The van der Waals surface area contributed by atoms with E-state index in [1.54, 1.807) is 0 Å². The van der Waals surface area contributed by atoms with E-state index in [1.165, 1.54) is 12.1 Å². The number of nitriles is 1. The van der Waals surface area contributed by atoms with E-state index in [1.807, 2.05) is 6.07 Å². The average molecular weight is 237 g/mol. The van der Waals surface area contributed by atoms with Gasteiger partial charge in [-0.25, -0.2) is 4.39 Å². The summed E-state index contributed by atoms with van der Waals surface area (Å²) in [6, 6.07) is 5.78. The van der Waals surface area contributed by atoms with Gasteiger partial charge >= 0.3 is 0 Å². The van der Waals surface area contributed by atoms with Gasteiger partial charge in [0.25, 0.3) is 0 Å². The first-order valence-electron chi connectivity index (χ1n) is 5.68. The van der Waals surface area contributed by atoms with Crippen LogP contribution in [-0.4, -0.2) is 19.8 Å². The lowest BCUT2D eigenvalue weighted by molar-refractivity contribution is 0.0979. The largest absolute Gasteiger partial charge is 0.490 e. The molecule has 92 valence electrons. The van der Waals surface area contributed by atoms with Crippen LogP contribution in [0.5, 0.6) is 5.75 Å². The first-order valence-corrected chi connectivity index (χ1v) is 5.68. The van der Waals surface area contributed by atoms with Crippen LogP contribution < -0.4 is 4.74 Å². The van der Waals surface area contributed by atoms with Crippen molar-refractivity contribution in [3.05, 3.63) is 29.6 Å². The zero-order valence-corrected chi connectivity index (χ0v) is 9.91. The van der Waals surface area contributed by atoms with Crippen LogP contribution in [-0.2, 0) is 4.74 Å². The number of ether oxygens (including phenoxy) is 2. The molecule has 0 spiro atoms. The third-order valence-electron chi connectivity index (χ3n) is 2.19. The van der Waals surface area contributed by atoms with Gasteiger partial charge in [-0.3, -0.25) is 0 Å². The lowest BCUT2D eigenvalue weighted by Crippen LogP contribution is -2.08. The second-order valence-corrected chi connectivity index (χ2v) is 3.57. The Balaban J connectivity index is 2.34. The molecule has 17 heavy (non-hydrogen) atoms. The topological polar surface area (TPSA) is 42.2 Å². The van der Waals surface area contributed by atoms with Crippen LogP contribution >= 0.6 is 0 Å². The highest BCUT2D eigenvalue weighted by molar-refractivity contribution is 5.42. The van der Waals surface area contributed by atoms with Gasteiger partial charge in [-0.2, -0.15) is 5.26 Å². The SMILES string of the molecule is CCCCOCCOc1ccc(F)cc1C#N. The predicted octanol–water partition coefficient (Wildman–Crippen LogP) is 2.89. The van der Waals surface area contributed by atoms with Crippen molar-refractivity contribution in [3.63, 3.8) is 0 Å². The zero-order valence-electron chi connectivity index (χ0n) is 9.91. The number of unbranched alkanes of at least 4 members (excludes halogenated alkanes) is 1. The van der Waals surface area contributed by atoms with Crippen LogP contribution in [0.1, 0.15) is 25.3 Å². The van der Waals surface area contributed by atoms with Crippen LogP contribution in [0.15, 0.2) is 18.2 Å². The van der Waals surface area contributed by atoms with E-state index in [0.717, 1.165) is 18.9 Å². The van der Waals surface area contributed by atoms with E-state index in [-0.39, 0.29) is 5.56 Å². The third-order valence-corrected chi connectivity index (χ3v) is 2.19. The van der Waals surface area contributed by atoms with Crippen molar-refractivity contribution in [1.29, 1.82) is 5.26 Å².